The van der Waals surface area contributed by atoms with Gasteiger partial charge in [-0.25, -0.2) is 4.39 Å². The Morgan fingerprint density at radius 2 is 2.20 bits per heavy atom. The number of hydrogen-bond donors (Lipinski definition) is 2. The van der Waals surface area contributed by atoms with Gasteiger partial charge in [0.15, 0.2) is 0 Å². The SMILES string of the molecule is CNC(CC(C)N)c1ccc(F)c(Cl)c1. The van der Waals surface area contributed by atoms with Gasteiger partial charge in [0.05, 0.1) is 5.02 Å². The third kappa shape index (κ3) is 3.45. The Balaban J connectivity index is 2.87. The molecule has 2 atom stereocenters. The summed E-state index contributed by atoms with van der Waals surface area (Å²) in [6.45, 7) is 1.94. The third-order valence-corrected chi connectivity index (χ3v) is 2.59. The first kappa shape index (κ1) is 12.4. The number of nitrogens with one attached hydrogen (secondary N) is 1. The Bertz CT molecular complexity index is 328. The fourth-order valence-electron chi connectivity index (χ4n) is 1.52. The summed E-state index contributed by atoms with van der Waals surface area (Å²) in [7, 11) is 1.85. The molecule has 1 rings (SSSR count). The first-order valence-electron chi connectivity index (χ1n) is 4.92. The number of nitrogens with two attached hydrogens (primary N) is 1. The maximum atomic E-state index is 13.0. The Labute approximate surface area is 94.6 Å². The summed E-state index contributed by atoms with van der Waals surface area (Å²) in [6, 6.07) is 4.95. The van der Waals surface area contributed by atoms with Crippen molar-refractivity contribution in [2.75, 3.05) is 7.05 Å². The molecule has 2 nitrogen and oxygen atoms in total. The van der Waals surface area contributed by atoms with Gasteiger partial charge in [-0.1, -0.05) is 17.7 Å². The van der Waals surface area contributed by atoms with Crippen LogP contribution >= 0.6 is 11.6 Å². The van der Waals surface area contributed by atoms with Gasteiger partial charge in [-0.15, -0.1) is 0 Å². The first-order valence-corrected chi connectivity index (χ1v) is 5.30. The molecule has 0 spiro atoms. The van der Waals surface area contributed by atoms with Crippen molar-refractivity contribution in [3.05, 3.63) is 34.6 Å². The van der Waals surface area contributed by atoms with Crippen molar-refractivity contribution >= 4 is 11.6 Å². The molecule has 0 fully saturated rings. The minimum absolute atomic E-state index is 0.0891. The normalized spacial score (nSPS) is 15.0. The highest BCUT2D eigenvalue weighted by atomic mass is 35.5. The lowest BCUT2D eigenvalue weighted by atomic mass is 10.0. The van der Waals surface area contributed by atoms with Crippen LogP contribution in [0.5, 0.6) is 0 Å². The average molecular weight is 231 g/mol. The van der Waals surface area contributed by atoms with Crippen LogP contribution in [-0.4, -0.2) is 13.1 Å². The summed E-state index contributed by atoms with van der Waals surface area (Å²) in [5, 5.41) is 3.29. The molecule has 0 aromatic heterocycles. The average Bonchev–Trinajstić information content (AvgIpc) is 2.18. The standard InChI is InChI=1S/C11H16ClFN2/c1-7(14)5-11(15-2)8-3-4-10(13)9(12)6-8/h3-4,6-7,11,15H,5,14H2,1-2H3. The van der Waals surface area contributed by atoms with E-state index in [1.165, 1.54) is 6.07 Å². The van der Waals surface area contributed by atoms with E-state index in [-0.39, 0.29) is 17.1 Å². The van der Waals surface area contributed by atoms with Crippen molar-refractivity contribution in [2.24, 2.45) is 5.73 Å². The van der Waals surface area contributed by atoms with Crippen molar-refractivity contribution in [1.29, 1.82) is 0 Å². The highest BCUT2D eigenvalue weighted by Gasteiger charge is 2.12. The summed E-state index contributed by atoms with van der Waals surface area (Å²) in [5.41, 5.74) is 6.69. The molecule has 0 saturated carbocycles. The molecule has 2 unspecified atom stereocenters. The van der Waals surface area contributed by atoms with E-state index < -0.39 is 5.82 Å². The van der Waals surface area contributed by atoms with Gasteiger partial charge in [0, 0.05) is 12.1 Å². The van der Waals surface area contributed by atoms with Gasteiger partial charge in [-0.3, -0.25) is 0 Å². The van der Waals surface area contributed by atoms with Crippen LogP contribution in [0, 0.1) is 5.82 Å². The van der Waals surface area contributed by atoms with Crippen LogP contribution in [0.25, 0.3) is 0 Å². The van der Waals surface area contributed by atoms with E-state index in [0.717, 1.165) is 12.0 Å². The molecule has 0 aliphatic heterocycles. The molecule has 0 saturated heterocycles. The quantitative estimate of drug-likeness (QED) is 0.834. The Morgan fingerprint density at radius 1 is 1.53 bits per heavy atom. The molecule has 1 aromatic rings. The lowest BCUT2D eigenvalue weighted by Crippen LogP contribution is -2.25. The minimum atomic E-state index is -0.393. The minimum Gasteiger partial charge on any atom is -0.328 e. The molecular formula is C11H16ClFN2. The van der Waals surface area contributed by atoms with Crippen LogP contribution in [0.4, 0.5) is 4.39 Å². The molecule has 0 bridgehead atoms. The molecule has 0 amide bonds. The van der Waals surface area contributed by atoms with Gasteiger partial charge in [0.25, 0.3) is 0 Å². The highest BCUT2D eigenvalue weighted by molar-refractivity contribution is 6.30. The van der Waals surface area contributed by atoms with E-state index >= 15 is 0 Å². The largest absolute Gasteiger partial charge is 0.328 e. The summed E-state index contributed by atoms with van der Waals surface area (Å²) >= 11 is 5.72. The summed E-state index contributed by atoms with van der Waals surface area (Å²) < 4.78 is 13.0. The van der Waals surface area contributed by atoms with Crippen molar-refractivity contribution in [3.63, 3.8) is 0 Å². The zero-order valence-electron chi connectivity index (χ0n) is 8.93. The lowest BCUT2D eigenvalue weighted by molar-refractivity contribution is 0.498. The van der Waals surface area contributed by atoms with Crippen LogP contribution in [0.1, 0.15) is 24.9 Å². The smallest absolute Gasteiger partial charge is 0.141 e. The first-order chi connectivity index (χ1) is 7.04. The third-order valence-electron chi connectivity index (χ3n) is 2.30. The zero-order chi connectivity index (χ0) is 11.4. The summed E-state index contributed by atoms with van der Waals surface area (Å²) in [4.78, 5) is 0. The van der Waals surface area contributed by atoms with Crippen LogP contribution in [0.2, 0.25) is 5.02 Å². The molecule has 1 aromatic carbocycles. The topological polar surface area (TPSA) is 38.0 Å². The van der Waals surface area contributed by atoms with Gasteiger partial charge in [0.2, 0.25) is 0 Å². The monoisotopic (exact) mass is 230 g/mol. The van der Waals surface area contributed by atoms with Gasteiger partial charge in [-0.05, 0) is 38.1 Å². The number of hydrogen-bond acceptors (Lipinski definition) is 2. The Morgan fingerprint density at radius 3 is 2.67 bits per heavy atom. The van der Waals surface area contributed by atoms with E-state index in [0.29, 0.717) is 0 Å². The van der Waals surface area contributed by atoms with Crippen molar-refractivity contribution in [3.8, 4) is 0 Å². The summed E-state index contributed by atoms with van der Waals surface area (Å²) in [6.07, 6.45) is 0.790. The van der Waals surface area contributed by atoms with E-state index in [1.54, 1.807) is 12.1 Å². The molecule has 15 heavy (non-hydrogen) atoms. The highest BCUT2D eigenvalue weighted by Crippen LogP contribution is 2.23. The molecule has 3 N–H and O–H groups in total. The second-order valence-electron chi connectivity index (χ2n) is 3.73. The predicted octanol–water partition coefficient (Wildman–Crippen LogP) is 2.48. The number of rotatable bonds is 4. The number of benzene rings is 1. The van der Waals surface area contributed by atoms with Gasteiger partial charge >= 0.3 is 0 Å². The van der Waals surface area contributed by atoms with Crippen molar-refractivity contribution in [1.82, 2.24) is 5.32 Å². The summed E-state index contributed by atoms with van der Waals surface area (Å²) in [5.74, 6) is -0.393. The van der Waals surface area contributed by atoms with Gasteiger partial charge in [-0.2, -0.15) is 0 Å². The maximum Gasteiger partial charge on any atom is 0.141 e. The fraction of sp³-hybridized carbons (Fsp3) is 0.455. The molecule has 0 heterocycles. The van der Waals surface area contributed by atoms with Crippen molar-refractivity contribution in [2.45, 2.75) is 25.4 Å². The lowest BCUT2D eigenvalue weighted by Gasteiger charge is -2.19. The van der Waals surface area contributed by atoms with Crippen LogP contribution in [0.3, 0.4) is 0 Å². The second-order valence-corrected chi connectivity index (χ2v) is 4.13. The molecule has 4 heteroatoms. The van der Waals surface area contributed by atoms with E-state index in [2.05, 4.69) is 5.32 Å². The van der Waals surface area contributed by atoms with Gasteiger partial charge < -0.3 is 11.1 Å². The molecule has 0 radical (unpaired) electrons. The fourth-order valence-corrected chi connectivity index (χ4v) is 1.71. The van der Waals surface area contributed by atoms with Crippen LogP contribution in [-0.2, 0) is 0 Å². The van der Waals surface area contributed by atoms with Crippen LogP contribution in [0.15, 0.2) is 18.2 Å². The Hall–Kier alpha value is -0.640. The molecule has 84 valence electrons. The van der Waals surface area contributed by atoms with Crippen molar-refractivity contribution < 1.29 is 4.39 Å². The Kier molecular flexibility index (Phi) is 4.51. The number of halogens is 2. The predicted molar refractivity (Wildman–Crippen MR) is 61.5 cm³/mol. The van der Waals surface area contributed by atoms with E-state index in [1.807, 2.05) is 14.0 Å². The second kappa shape index (κ2) is 5.45. The van der Waals surface area contributed by atoms with E-state index in [4.69, 9.17) is 17.3 Å². The maximum absolute atomic E-state index is 13.0. The zero-order valence-corrected chi connectivity index (χ0v) is 9.68. The van der Waals surface area contributed by atoms with Crippen LogP contribution < -0.4 is 11.1 Å². The van der Waals surface area contributed by atoms with E-state index in [9.17, 15) is 4.39 Å². The molecular weight excluding hydrogens is 215 g/mol. The van der Waals surface area contributed by atoms with Gasteiger partial charge in [0.1, 0.15) is 5.82 Å². The molecule has 0 aliphatic rings. The molecule has 0 aliphatic carbocycles.